The van der Waals surface area contributed by atoms with Gasteiger partial charge in [0, 0.05) is 48.4 Å². The average molecular weight is 408 g/mol. The molecule has 146 valence electrons. The molecule has 1 aliphatic heterocycles. The van der Waals surface area contributed by atoms with Crippen molar-refractivity contribution in [1.82, 2.24) is 15.3 Å². The molecule has 0 radical (unpaired) electrons. The highest BCUT2D eigenvalue weighted by atomic mass is 35.5. The summed E-state index contributed by atoms with van der Waals surface area (Å²) in [5.41, 5.74) is 9.31. The van der Waals surface area contributed by atoms with Crippen LogP contribution in [0.4, 0.5) is 5.69 Å². The number of hydrogen-bond donors (Lipinski definition) is 3. The van der Waals surface area contributed by atoms with Gasteiger partial charge in [-0.3, -0.25) is 4.79 Å². The lowest BCUT2D eigenvalue weighted by Gasteiger charge is -2.31. The summed E-state index contributed by atoms with van der Waals surface area (Å²) in [4.78, 5) is 23.3. The summed E-state index contributed by atoms with van der Waals surface area (Å²) in [5.74, 6) is 0.877. The normalized spacial score (nSPS) is 22.9. The molecule has 2 aliphatic rings. The number of H-pyrrole nitrogens is 1. The first kappa shape index (κ1) is 20.0. The molecule has 2 atom stereocenters. The number of aromatic nitrogens is 2. The van der Waals surface area contributed by atoms with E-state index in [9.17, 15) is 4.79 Å². The van der Waals surface area contributed by atoms with E-state index in [1.807, 2.05) is 24.7 Å². The molecule has 2 aromatic rings. The SMILES string of the molecule is Cc1c[nH]c2nccc(N3C=C(C(=O)N[C@@H]4CCCC[C@H]4N)SCC3)c12.Cl. The van der Waals surface area contributed by atoms with Crippen LogP contribution < -0.4 is 16.0 Å². The number of aromatic amines is 1. The first-order valence-corrected chi connectivity index (χ1v) is 10.2. The van der Waals surface area contributed by atoms with E-state index in [2.05, 4.69) is 27.1 Å². The molecule has 4 N–H and O–H groups in total. The number of amides is 1. The Morgan fingerprint density at radius 1 is 1.41 bits per heavy atom. The Morgan fingerprint density at radius 3 is 3.04 bits per heavy atom. The first-order chi connectivity index (χ1) is 12.6. The van der Waals surface area contributed by atoms with Crippen LogP contribution in [0.2, 0.25) is 0 Å². The van der Waals surface area contributed by atoms with E-state index >= 15 is 0 Å². The number of nitrogens with one attached hydrogen (secondary N) is 2. The van der Waals surface area contributed by atoms with Crippen LogP contribution in [0.5, 0.6) is 0 Å². The second kappa shape index (κ2) is 8.54. The van der Waals surface area contributed by atoms with Crippen LogP contribution >= 0.6 is 24.2 Å². The van der Waals surface area contributed by atoms with Crippen molar-refractivity contribution in [2.75, 3.05) is 17.2 Å². The Labute approximate surface area is 169 Å². The topological polar surface area (TPSA) is 87.0 Å². The van der Waals surface area contributed by atoms with Crippen LogP contribution in [-0.2, 0) is 4.79 Å². The predicted molar refractivity (Wildman–Crippen MR) is 114 cm³/mol. The third kappa shape index (κ3) is 4.10. The van der Waals surface area contributed by atoms with Gasteiger partial charge in [0.1, 0.15) is 5.65 Å². The van der Waals surface area contributed by atoms with Crippen molar-refractivity contribution in [2.24, 2.45) is 5.73 Å². The second-order valence-corrected chi connectivity index (χ2v) is 8.23. The number of aryl methyl sites for hydroxylation is 1. The van der Waals surface area contributed by atoms with Gasteiger partial charge in [-0.1, -0.05) is 12.8 Å². The van der Waals surface area contributed by atoms with Gasteiger partial charge in [-0.15, -0.1) is 24.2 Å². The lowest BCUT2D eigenvalue weighted by atomic mass is 9.91. The molecule has 4 rings (SSSR count). The Balaban J connectivity index is 0.00000210. The maximum Gasteiger partial charge on any atom is 0.259 e. The highest BCUT2D eigenvalue weighted by Gasteiger charge is 2.26. The van der Waals surface area contributed by atoms with Crippen molar-refractivity contribution in [3.63, 3.8) is 0 Å². The average Bonchev–Trinajstić information content (AvgIpc) is 3.05. The van der Waals surface area contributed by atoms with E-state index in [0.29, 0.717) is 0 Å². The lowest BCUT2D eigenvalue weighted by molar-refractivity contribution is -0.117. The fourth-order valence-corrected chi connectivity index (χ4v) is 4.73. The van der Waals surface area contributed by atoms with Crippen LogP contribution in [-0.4, -0.2) is 40.3 Å². The second-order valence-electron chi connectivity index (χ2n) is 7.09. The summed E-state index contributed by atoms with van der Waals surface area (Å²) in [6.07, 6.45) is 10.0. The number of nitrogens with two attached hydrogens (primary N) is 1. The van der Waals surface area contributed by atoms with Crippen LogP contribution in [0.25, 0.3) is 11.0 Å². The molecule has 1 saturated carbocycles. The van der Waals surface area contributed by atoms with Crippen molar-refractivity contribution in [3.05, 3.63) is 35.1 Å². The number of halogens is 1. The lowest BCUT2D eigenvalue weighted by Crippen LogP contribution is -2.49. The van der Waals surface area contributed by atoms with Crippen molar-refractivity contribution in [3.8, 4) is 0 Å². The summed E-state index contributed by atoms with van der Waals surface area (Å²) in [6.45, 7) is 2.94. The van der Waals surface area contributed by atoms with Gasteiger partial charge in [-0.05, 0) is 31.4 Å². The molecule has 8 heteroatoms. The van der Waals surface area contributed by atoms with Crippen LogP contribution in [0.15, 0.2) is 29.6 Å². The van der Waals surface area contributed by atoms with Gasteiger partial charge in [0.15, 0.2) is 0 Å². The number of nitrogens with zero attached hydrogens (tertiary/aromatic N) is 2. The molecule has 0 spiro atoms. The van der Waals surface area contributed by atoms with Gasteiger partial charge < -0.3 is 20.9 Å². The third-order valence-electron chi connectivity index (χ3n) is 5.28. The molecule has 0 saturated heterocycles. The van der Waals surface area contributed by atoms with Crippen molar-refractivity contribution < 1.29 is 4.79 Å². The quantitative estimate of drug-likeness (QED) is 0.727. The number of fused-ring (bicyclic) bond motifs is 1. The Bertz CT molecular complexity index is 852. The molecule has 0 aromatic carbocycles. The van der Waals surface area contributed by atoms with Crippen LogP contribution in [0.3, 0.4) is 0 Å². The van der Waals surface area contributed by atoms with Crippen molar-refractivity contribution in [2.45, 2.75) is 44.7 Å². The maximum atomic E-state index is 12.8. The van der Waals surface area contributed by atoms with E-state index in [4.69, 9.17) is 5.73 Å². The molecule has 1 fully saturated rings. The standard InChI is InChI=1S/C19H25N5OS.ClH/c1-12-10-22-18-17(12)15(6-7-21-18)24-8-9-26-16(11-24)19(25)23-14-5-3-2-4-13(14)20;/h6-7,10-11,13-14H,2-5,8-9,20H2,1H3,(H,21,22)(H,23,25);1H/t13-,14-;/m1./s1. The van der Waals surface area contributed by atoms with Gasteiger partial charge in [0.25, 0.3) is 5.91 Å². The summed E-state index contributed by atoms with van der Waals surface area (Å²) < 4.78 is 0. The number of rotatable bonds is 3. The van der Waals surface area contributed by atoms with Crippen LogP contribution in [0, 0.1) is 6.92 Å². The Morgan fingerprint density at radius 2 is 2.22 bits per heavy atom. The summed E-state index contributed by atoms with van der Waals surface area (Å²) in [5, 5.41) is 4.27. The number of thioether (sulfide) groups is 1. The van der Waals surface area contributed by atoms with E-state index < -0.39 is 0 Å². The molecule has 0 unspecified atom stereocenters. The fraction of sp³-hybridized carbons (Fsp3) is 0.474. The number of anilines is 1. The molecule has 2 aromatic heterocycles. The molecular formula is C19H26ClN5OS. The summed E-state index contributed by atoms with van der Waals surface area (Å²) in [6, 6.07) is 2.18. The molecule has 27 heavy (non-hydrogen) atoms. The molecule has 1 amide bonds. The van der Waals surface area contributed by atoms with Gasteiger partial charge in [-0.2, -0.15) is 0 Å². The third-order valence-corrected chi connectivity index (χ3v) is 6.27. The molecular weight excluding hydrogens is 382 g/mol. The molecule has 6 nitrogen and oxygen atoms in total. The van der Waals surface area contributed by atoms with E-state index in [1.165, 1.54) is 0 Å². The Hall–Kier alpha value is -1.70. The summed E-state index contributed by atoms with van der Waals surface area (Å²) >= 11 is 1.61. The molecule has 3 heterocycles. The predicted octanol–water partition coefficient (Wildman–Crippen LogP) is 3.07. The van der Waals surface area contributed by atoms with Crippen LogP contribution in [0.1, 0.15) is 31.2 Å². The minimum atomic E-state index is -0.00172. The monoisotopic (exact) mass is 407 g/mol. The molecule has 0 bridgehead atoms. The zero-order valence-corrected chi connectivity index (χ0v) is 17.0. The zero-order chi connectivity index (χ0) is 18.1. The largest absolute Gasteiger partial charge is 0.347 e. The van der Waals surface area contributed by atoms with Crippen molar-refractivity contribution in [1.29, 1.82) is 0 Å². The van der Waals surface area contributed by atoms with Gasteiger partial charge in [0.2, 0.25) is 0 Å². The first-order valence-electron chi connectivity index (χ1n) is 9.24. The number of pyridine rings is 1. The molecule has 1 aliphatic carbocycles. The van der Waals surface area contributed by atoms with Crippen molar-refractivity contribution >= 4 is 46.8 Å². The van der Waals surface area contributed by atoms with E-state index in [0.717, 1.165) is 65.2 Å². The zero-order valence-electron chi connectivity index (χ0n) is 15.4. The minimum Gasteiger partial charge on any atom is -0.347 e. The summed E-state index contributed by atoms with van der Waals surface area (Å²) in [7, 11) is 0. The number of hydrogen-bond acceptors (Lipinski definition) is 5. The fourth-order valence-electron chi connectivity index (χ4n) is 3.83. The van der Waals surface area contributed by atoms with E-state index in [-0.39, 0.29) is 30.4 Å². The van der Waals surface area contributed by atoms with Gasteiger partial charge in [0.05, 0.1) is 10.6 Å². The number of carbonyl (C=O) groups excluding carboxylic acids is 1. The number of carbonyl (C=O) groups is 1. The highest BCUT2D eigenvalue weighted by molar-refractivity contribution is 8.04. The Kier molecular flexibility index (Phi) is 6.34. The highest BCUT2D eigenvalue weighted by Crippen LogP contribution is 2.32. The minimum absolute atomic E-state index is 0. The maximum absolute atomic E-state index is 12.8. The van der Waals surface area contributed by atoms with E-state index in [1.54, 1.807) is 11.8 Å². The smallest absolute Gasteiger partial charge is 0.259 e. The van der Waals surface area contributed by atoms with Gasteiger partial charge in [-0.25, -0.2) is 4.98 Å². The van der Waals surface area contributed by atoms with Gasteiger partial charge >= 0.3 is 0 Å².